The van der Waals surface area contributed by atoms with E-state index in [1.165, 1.54) is 26.4 Å². The van der Waals surface area contributed by atoms with Crippen molar-refractivity contribution in [2.45, 2.75) is 45.1 Å². The van der Waals surface area contributed by atoms with Crippen LogP contribution in [-0.2, 0) is 14.3 Å². The molecule has 2 heterocycles. The minimum atomic E-state index is -0.548. The predicted octanol–water partition coefficient (Wildman–Crippen LogP) is 4.09. The molecule has 2 aliphatic heterocycles. The van der Waals surface area contributed by atoms with Crippen molar-refractivity contribution in [2.24, 2.45) is 11.3 Å². The maximum Gasteiger partial charge on any atom is 0.328 e. The lowest BCUT2D eigenvalue weighted by Crippen LogP contribution is -2.49. The molecule has 1 aromatic rings. The number of nitrogens with zero attached hydrogens (tertiary/aromatic N) is 3. The van der Waals surface area contributed by atoms with E-state index < -0.39 is 6.04 Å². The summed E-state index contributed by atoms with van der Waals surface area (Å²) in [6.45, 7) is 6.99. The van der Waals surface area contributed by atoms with Crippen molar-refractivity contribution < 1.29 is 14.3 Å². The number of benzene rings is 1. The number of ether oxygens (including phenoxy) is 1. The average Bonchev–Trinajstić information content (AvgIpc) is 3.58. The van der Waals surface area contributed by atoms with Crippen molar-refractivity contribution in [3.8, 4) is 0 Å². The molecule has 3 aliphatic rings. The van der Waals surface area contributed by atoms with E-state index >= 15 is 0 Å². The number of halogens is 2. The van der Waals surface area contributed by atoms with Crippen LogP contribution in [0.2, 0.25) is 10.0 Å². The van der Waals surface area contributed by atoms with E-state index in [0.717, 1.165) is 25.3 Å². The van der Waals surface area contributed by atoms with Crippen molar-refractivity contribution in [3.63, 3.8) is 0 Å². The number of carbonyl (C=O) groups excluding carboxylic acids is 2. The first-order valence-electron chi connectivity index (χ1n) is 11.6. The largest absolute Gasteiger partial charge is 0.467 e. The Kier molecular flexibility index (Phi) is 7.23. The molecule has 0 N–H and O–H groups in total. The number of amides is 1. The van der Waals surface area contributed by atoms with Gasteiger partial charge in [-0.05, 0) is 61.8 Å². The molecule has 1 spiro atoms. The van der Waals surface area contributed by atoms with Crippen LogP contribution in [0.15, 0.2) is 18.2 Å². The molecule has 2 saturated heterocycles. The minimum Gasteiger partial charge on any atom is -0.467 e. The fourth-order valence-electron chi connectivity index (χ4n) is 5.36. The molecule has 4 rings (SSSR count). The van der Waals surface area contributed by atoms with Gasteiger partial charge in [-0.3, -0.25) is 4.79 Å². The van der Waals surface area contributed by atoms with Crippen LogP contribution in [0.5, 0.6) is 0 Å². The van der Waals surface area contributed by atoms with Crippen molar-refractivity contribution in [1.29, 1.82) is 0 Å². The Balaban J connectivity index is 1.40. The maximum absolute atomic E-state index is 13.0. The Morgan fingerprint density at radius 1 is 1.16 bits per heavy atom. The van der Waals surface area contributed by atoms with Gasteiger partial charge in [0, 0.05) is 44.8 Å². The molecule has 2 unspecified atom stereocenters. The van der Waals surface area contributed by atoms with Gasteiger partial charge >= 0.3 is 5.97 Å². The fourth-order valence-corrected chi connectivity index (χ4v) is 5.65. The molecular formula is C24H33Cl2N3O3. The van der Waals surface area contributed by atoms with Crippen LogP contribution in [0.4, 0.5) is 5.69 Å². The van der Waals surface area contributed by atoms with Gasteiger partial charge in [-0.25, -0.2) is 4.79 Å². The van der Waals surface area contributed by atoms with Gasteiger partial charge < -0.3 is 19.4 Å². The third-order valence-corrected chi connectivity index (χ3v) is 8.50. The van der Waals surface area contributed by atoms with E-state index in [0.29, 0.717) is 53.9 Å². The van der Waals surface area contributed by atoms with Crippen LogP contribution < -0.4 is 4.90 Å². The van der Waals surface area contributed by atoms with E-state index in [9.17, 15) is 9.59 Å². The first kappa shape index (κ1) is 23.7. The second-order valence-corrected chi connectivity index (χ2v) is 10.4. The lowest BCUT2D eigenvalue weighted by molar-refractivity contribution is -0.153. The summed E-state index contributed by atoms with van der Waals surface area (Å²) in [5.41, 5.74) is 1.52. The number of esters is 1. The zero-order valence-corrected chi connectivity index (χ0v) is 20.5. The topological polar surface area (TPSA) is 53.1 Å². The Bertz CT molecular complexity index is 861. The van der Waals surface area contributed by atoms with Gasteiger partial charge in [0.25, 0.3) is 0 Å². The Labute approximate surface area is 200 Å². The first-order chi connectivity index (χ1) is 15.3. The summed E-state index contributed by atoms with van der Waals surface area (Å²) in [6.07, 6.45) is 4.93. The number of hydrogen-bond acceptors (Lipinski definition) is 5. The molecule has 0 bridgehead atoms. The Morgan fingerprint density at radius 3 is 2.59 bits per heavy atom. The highest BCUT2D eigenvalue weighted by Crippen LogP contribution is 2.56. The molecule has 1 saturated carbocycles. The number of likely N-dealkylation sites (tertiary alicyclic amines) is 1. The molecule has 3 fully saturated rings. The van der Waals surface area contributed by atoms with Crippen LogP contribution in [0, 0.1) is 11.3 Å². The third kappa shape index (κ3) is 5.02. The summed E-state index contributed by atoms with van der Waals surface area (Å²) in [7, 11) is 1.40. The van der Waals surface area contributed by atoms with Crippen LogP contribution >= 0.6 is 23.2 Å². The van der Waals surface area contributed by atoms with Crippen molar-refractivity contribution in [2.75, 3.05) is 51.3 Å². The molecule has 1 aromatic carbocycles. The van der Waals surface area contributed by atoms with Gasteiger partial charge in [0.15, 0.2) is 0 Å². The second kappa shape index (κ2) is 9.78. The monoisotopic (exact) mass is 481 g/mol. The molecule has 1 aliphatic carbocycles. The van der Waals surface area contributed by atoms with Gasteiger partial charge in [0.2, 0.25) is 5.91 Å². The zero-order valence-electron chi connectivity index (χ0n) is 19.0. The lowest BCUT2D eigenvalue weighted by Gasteiger charge is -2.38. The lowest BCUT2D eigenvalue weighted by atomic mass is 9.83. The summed E-state index contributed by atoms with van der Waals surface area (Å²) in [4.78, 5) is 32.0. The first-order valence-corrected chi connectivity index (χ1v) is 12.4. The van der Waals surface area contributed by atoms with Gasteiger partial charge in [-0.15, -0.1) is 0 Å². The number of methoxy groups -OCH3 is 1. The minimum absolute atomic E-state index is 0.00749. The summed E-state index contributed by atoms with van der Waals surface area (Å²) in [6, 6.07) is 4.96. The van der Waals surface area contributed by atoms with E-state index in [4.69, 9.17) is 27.9 Å². The van der Waals surface area contributed by atoms with Gasteiger partial charge in [0.1, 0.15) is 6.04 Å². The van der Waals surface area contributed by atoms with Crippen molar-refractivity contribution >= 4 is 40.8 Å². The van der Waals surface area contributed by atoms with Crippen LogP contribution in [0.25, 0.3) is 0 Å². The van der Waals surface area contributed by atoms with E-state index in [1.54, 1.807) is 11.0 Å². The summed E-state index contributed by atoms with van der Waals surface area (Å²) >= 11 is 12.2. The fraction of sp³-hybridized carbons (Fsp3) is 0.667. The number of piperidine rings is 1. The van der Waals surface area contributed by atoms with Gasteiger partial charge in [-0.2, -0.15) is 0 Å². The molecular weight excluding hydrogens is 449 g/mol. The number of rotatable bonds is 6. The zero-order chi connectivity index (χ0) is 22.9. The van der Waals surface area contributed by atoms with Crippen LogP contribution in [-0.4, -0.2) is 74.1 Å². The highest BCUT2D eigenvalue weighted by atomic mass is 35.5. The molecule has 1 amide bonds. The number of hydrogen-bond donors (Lipinski definition) is 0. The van der Waals surface area contributed by atoms with E-state index in [1.807, 2.05) is 12.1 Å². The molecule has 8 heteroatoms. The standard InChI is InChI=1S/C24H33Cl2N3O3/c1-17-16-27(12-9-24(17)7-8-24)10-5-21(23(31)32-2)29-14-13-28(11-6-22(29)30)18-3-4-19(25)20(26)15-18/h3-4,15,17,21H,5-14,16H2,1-2H3. The van der Waals surface area contributed by atoms with E-state index in [-0.39, 0.29) is 11.9 Å². The molecule has 2 atom stereocenters. The number of anilines is 1. The maximum atomic E-state index is 13.0. The second-order valence-electron chi connectivity index (χ2n) is 9.56. The Hall–Kier alpha value is -1.50. The quantitative estimate of drug-likeness (QED) is 0.572. The third-order valence-electron chi connectivity index (χ3n) is 7.76. The summed E-state index contributed by atoms with van der Waals surface area (Å²) in [5.74, 6) is 0.365. The Morgan fingerprint density at radius 2 is 1.94 bits per heavy atom. The molecule has 6 nitrogen and oxygen atoms in total. The summed E-state index contributed by atoms with van der Waals surface area (Å²) in [5, 5.41) is 1.00. The highest BCUT2D eigenvalue weighted by molar-refractivity contribution is 6.42. The highest BCUT2D eigenvalue weighted by Gasteiger charge is 2.49. The van der Waals surface area contributed by atoms with E-state index in [2.05, 4.69) is 16.7 Å². The summed E-state index contributed by atoms with van der Waals surface area (Å²) < 4.78 is 5.10. The van der Waals surface area contributed by atoms with Gasteiger partial charge in [0.05, 0.1) is 17.2 Å². The van der Waals surface area contributed by atoms with Crippen molar-refractivity contribution in [1.82, 2.24) is 9.80 Å². The number of carbonyl (C=O) groups is 2. The molecule has 0 radical (unpaired) electrons. The molecule has 176 valence electrons. The SMILES string of the molecule is COC(=O)C(CCN1CCC2(CC2)C(C)C1)N1CCN(c2ccc(Cl)c(Cl)c2)CCC1=O. The molecule has 0 aromatic heterocycles. The molecule has 32 heavy (non-hydrogen) atoms. The van der Waals surface area contributed by atoms with Crippen LogP contribution in [0.3, 0.4) is 0 Å². The predicted molar refractivity (Wildman–Crippen MR) is 127 cm³/mol. The average molecular weight is 482 g/mol. The van der Waals surface area contributed by atoms with Crippen molar-refractivity contribution in [3.05, 3.63) is 28.2 Å². The van der Waals surface area contributed by atoms with Gasteiger partial charge in [-0.1, -0.05) is 30.1 Å². The van der Waals surface area contributed by atoms with Crippen LogP contribution in [0.1, 0.15) is 39.0 Å². The smallest absolute Gasteiger partial charge is 0.328 e. The normalized spacial score (nSPS) is 24.4.